The van der Waals surface area contributed by atoms with E-state index in [0.29, 0.717) is 0 Å². The lowest BCUT2D eigenvalue weighted by molar-refractivity contribution is -0.345. The van der Waals surface area contributed by atoms with Crippen LogP contribution in [-0.4, -0.2) is 4.70 Å². The summed E-state index contributed by atoms with van der Waals surface area (Å²) in [7, 11) is 0. The van der Waals surface area contributed by atoms with Gasteiger partial charge in [-0.2, -0.15) is 0 Å². The van der Waals surface area contributed by atoms with Gasteiger partial charge in [0.25, 0.3) is 0 Å². The molecule has 0 unspecified atom stereocenters. The Morgan fingerprint density at radius 3 is 1.19 bits per heavy atom. The molecule has 0 N–H and O–H groups in total. The van der Waals surface area contributed by atoms with E-state index in [1.54, 1.807) is 4.70 Å². The van der Waals surface area contributed by atoms with Crippen LogP contribution in [0.4, 0.5) is 0 Å². The van der Waals surface area contributed by atoms with Gasteiger partial charge in [-0.15, -0.1) is 0 Å². The number of nitrogens with zero attached hydrogens (tertiary/aromatic N) is 2. The van der Waals surface area contributed by atoms with Crippen LogP contribution in [0, 0.1) is 27.7 Å². The minimum atomic E-state index is 1.01. The summed E-state index contributed by atoms with van der Waals surface area (Å²) in [6.07, 6.45) is 19.2. The van der Waals surface area contributed by atoms with Gasteiger partial charge in [-0.3, -0.25) is 0 Å². The molecule has 3 rings (SSSR count). The number of benzene rings is 2. The molecule has 0 radical (unpaired) electrons. The molecule has 1 heterocycles. The average Bonchev–Trinajstić information content (AvgIpc) is 3.23. The molecule has 1 aliphatic heterocycles. The van der Waals surface area contributed by atoms with E-state index >= 15 is 0 Å². The van der Waals surface area contributed by atoms with Crippen LogP contribution < -0.4 is 0 Å². The monoisotopic (exact) mass is 568 g/mol. The third kappa shape index (κ3) is 8.33. The van der Waals surface area contributed by atoms with Crippen molar-refractivity contribution in [3.63, 3.8) is 0 Å². The summed E-state index contributed by atoms with van der Waals surface area (Å²) >= 11 is 0. The highest BCUT2D eigenvalue weighted by atomic mass is 15.2. The van der Waals surface area contributed by atoms with Crippen LogP contribution in [0.2, 0.25) is 0 Å². The topological polar surface area (TPSA) is 25.3 Å². The standard InChI is InChI=1S/C40H60N2/c1-9-13-17-18-19-20-24-38-37(23-16-12-4)39(33-25-29(5)35(21-14-10-2)30(6)26-33)42(41)40(38)34-27-31(7)36(22-15-11-3)32(8)28-34/h25-28H,9-24H2,1-8H3. The van der Waals surface area contributed by atoms with Crippen molar-refractivity contribution < 1.29 is 4.70 Å². The molecule has 2 aromatic carbocycles. The first-order valence-corrected chi connectivity index (χ1v) is 17.4. The van der Waals surface area contributed by atoms with Crippen molar-refractivity contribution in [1.29, 1.82) is 0 Å². The Morgan fingerprint density at radius 1 is 0.452 bits per heavy atom. The summed E-state index contributed by atoms with van der Waals surface area (Å²) < 4.78 is 1.59. The average molecular weight is 569 g/mol. The normalized spacial score (nSPS) is 13.7. The maximum atomic E-state index is 12.2. The van der Waals surface area contributed by atoms with Gasteiger partial charge in [-0.25, -0.2) is 4.70 Å². The first-order valence-electron chi connectivity index (χ1n) is 17.4. The Kier molecular flexibility index (Phi) is 13.7. The first kappa shape index (κ1) is 34.0. The third-order valence-electron chi connectivity index (χ3n) is 9.42. The number of aryl methyl sites for hydroxylation is 4. The van der Waals surface area contributed by atoms with Crippen LogP contribution in [0.5, 0.6) is 0 Å². The molecule has 0 aliphatic carbocycles. The second kappa shape index (κ2) is 17.0. The zero-order valence-electron chi connectivity index (χ0n) is 28.5. The summed E-state index contributed by atoms with van der Waals surface area (Å²) in [4.78, 5) is 0. The lowest BCUT2D eigenvalue weighted by Gasteiger charge is -2.16. The van der Waals surface area contributed by atoms with Gasteiger partial charge in [-0.05, 0) is 137 Å². The fourth-order valence-corrected chi connectivity index (χ4v) is 6.98. The van der Waals surface area contributed by atoms with Crippen molar-refractivity contribution in [3.05, 3.63) is 85.5 Å². The summed E-state index contributed by atoms with van der Waals surface area (Å²) in [6.45, 7) is 18.2. The summed E-state index contributed by atoms with van der Waals surface area (Å²) in [5.74, 6) is 0. The molecule has 0 spiro atoms. The highest BCUT2D eigenvalue weighted by molar-refractivity contribution is 5.82. The van der Waals surface area contributed by atoms with Crippen LogP contribution in [0.15, 0.2) is 35.4 Å². The summed E-state index contributed by atoms with van der Waals surface area (Å²) in [5.41, 5.74) is 27.7. The molecule has 1 aliphatic rings. The maximum absolute atomic E-state index is 12.2. The van der Waals surface area contributed by atoms with E-state index in [1.165, 1.54) is 120 Å². The van der Waals surface area contributed by atoms with Crippen LogP contribution in [0.25, 0.3) is 16.9 Å². The highest BCUT2D eigenvalue weighted by Gasteiger charge is 2.35. The van der Waals surface area contributed by atoms with Gasteiger partial charge in [0.05, 0.1) is 0 Å². The van der Waals surface area contributed by atoms with E-state index in [1.807, 2.05) is 0 Å². The second-order valence-corrected chi connectivity index (χ2v) is 13.0. The molecule has 0 amide bonds. The molecule has 0 atom stereocenters. The Labute approximate surface area is 259 Å². The molecular formula is C40H60N2. The molecular weight excluding hydrogens is 508 g/mol. The lowest BCUT2D eigenvalue weighted by Crippen LogP contribution is -2.06. The minimum absolute atomic E-state index is 1.01. The van der Waals surface area contributed by atoms with Gasteiger partial charge in [0.1, 0.15) is 0 Å². The van der Waals surface area contributed by atoms with Crippen molar-refractivity contribution in [3.8, 4) is 0 Å². The van der Waals surface area contributed by atoms with E-state index in [4.69, 9.17) is 0 Å². The Bertz CT molecular complexity index is 1230. The first-order chi connectivity index (χ1) is 20.3. The van der Waals surface area contributed by atoms with Crippen LogP contribution in [0.3, 0.4) is 0 Å². The second-order valence-electron chi connectivity index (χ2n) is 13.0. The molecule has 42 heavy (non-hydrogen) atoms. The molecule has 0 bridgehead atoms. The van der Waals surface area contributed by atoms with E-state index in [2.05, 4.69) is 79.7 Å². The summed E-state index contributed by atoms with van der Waals surface area (Å²) in [6, 6.07) is 9.39. The molecule has 2 aromatic rings. The van der Waals surface area contributed by atoms with Crippen molar-refractivity contribution in [2.24, 2.45) is 0 Å². The van der Waals surface area contributed by atoms with Crippen LogP contribution in [0.1, 0.15) is 162 Å². The van der Waals surface area contributed by atoms with Gasteiger partial charge >= 0.3 is 0 Å². The Hall–Kier alpha value is -2.48. The minimum Gasteiger partial charge on any atom is -0.493 e. The van der Waals surface area contributed by atoms with Crippen LogP contribution in [-0.2, 0) is 12.8 Å². The zero-order chi connectivity index (χ0) is 30.6. The molecule has 2 heteroatoms. The SMILES string of the molecule is CCCCCCCCC1=C(c2cc(C)c(CCCC)c(C)c2)[N+](=[N-])C(c2cc(C)c(CCCC)c(C)c2)=C1CCCC. The van der Waals surface area contributed by atoms with E-state index in [-0.39, 0.29) is 0 Å². The predicted molar refractivity (Wildman–Crippen MR) is 184 cm³/mol. The fourth-order valence-electron chi connectivity index (χ4n) is 6.98. The molecule has 0 saturated carbocycles. The molecule has 230 valence electrons. The highest BCUT2D eigenvalue weighted by Crippen LogP contribution is 2.45. The number of hydrogen-bond donors (Lipinski definition) is 0. The number of allylic oxidation sites excluding steroid dienone is 2. The smallest absolute Gasteiger partial charge is 0.211 e. The molecule has 0 aromatic heterocycles. The molecule has 2 nitrogen and oxygen atoms in total. The maximum Gasteiger partial charge on any atom is 0.211 e. The Balaban J connectivity index is 2.13. The van der Waals surface area contributed by atoms with Gasteiger partial charge in [-0.1, -0.05) is 79.1 Å². The number of rotatable bonds is 18. The fraction of sp³-hybridized carbons (Fsp3) is 0.600. The van der Waals surface area contributed by atoms with Crippen LogP contribution >= 0.6 is 0 Å². The van der Waals surface area contributed by atoms with Gasteiger partial charge < -0.3 is 5.53 Å². The van der Waals surface area contributed by atoms with Crippen molar-refractivity contribution >= 4 is 11.4 Å². The van der Waals surface area contributed by atoms with Gasteiger partial charge in [0.15, 0.2) is 0 Å². The Morgan fingerprint density at radius 2 is 0.786 bits per heavy atom. The van der Waals surface area contributed by atoms with E-state index in [0.717, 1.165) is 49.9 Å². The third-order valence-corrected chi connectivity index (χ3v) is 9.42. The zero-order valence-corrected chi connectivity index (χ0v) is 28.5. The van der Waals surface area contributed by atoms with E-state index in [9.17, 15) is 5.53 Å². The lowest BCUT2D eigenvalue weighted by atomic mass is 9.89. The largest absolute Gasteiger partial charge is 0.493 e. The predicted octanol–water partition coefficient (Wildman–Crippen LogP) is 12.7. The van der Waals surface area contributed by atoms with Crippen molar-refractivity contribution in [2.45, 2.75) is 158 Å². The van der Waals surface area contributed by atoms with E-state index < -0.39 is 0 Å². The quantitative estimate of drug-likeness (QED) is 0.126. The van der Waals surface area contributed by atoms with Crippen molar-refractivity contribution in [2.75, 3.05) is 0 Å². The summed E-state index contributed by atoms with van der Waals surface area (Å²) in [5, 5.41) is 0. The molecule has 0 saturated heterocycles. The molecule has 0 fully saturated rings. The van der Waals surface area contributed by atoms with Gasteiger partial charge in [0.2, 0.25) is 11.4 Å². The number of unbranched alkanes of at least 4 members (excludes halogenated alkanes) is 8. The van der Waals surface area contributed by atoms with Gasteiger partial charge in [0, 0.05) is 22.3 Å². The van der Waals surface area contributed by atoms with Crippen molar-refractivity contribution in [1.82, 2.24) is 0 Å². The number of hydrogen-bond acceptors (Lipinski definition) is 0.